The molecule has 0 aromatic carbocycles. The van der Waals surface area contributed by atoms with Crippen molar-refractivity contribution in [3.05, 3.63) is 36.9 Å². The third-order valence-electron chi connectivity index (χ3n) is 3.16. The van der Waals surface area contributed by atoms with Gasteiger partial charge in [-0.2, -0.15) is 0 Å². The van der Waals surface area contributed by atoms with Crippen LogP contribution in [0.3, 0.4) is 0 Å². The molecule has 0 amide bonds. The van der Waals surface area contributed by atoms with Crippen LogP contribution in [0.2, 0.25) is 0 Å². The Bertz CT molecular complexity index is 513. The SMILES string of the molecule is CCN(CC)CCc1cn(C(=S)n2ccnc2)cn1. The summed E-state index contributed by atoms with van der Waals surface area (Å²) in [5.41, 5.74) is 1.06. The van der Waals surface area contributed by atoms with Crippen molar-refractivity contribution in [2.45, 2.75) is 20.3 Å². The lowest BCUT2D eigenvalue weighted by Crippen LogP contribution is -2.25. The van der Waals surface area contributed by atoms with Crippen molar-refractivity contribution in [2.75, 3.05) is 19.6 Å². The topological polar surface area (TPSA) is 38.9 Å². The molecule has 2 aromatic rings. The van der Waals surface area contributed by atoms with E-state index in [1.54, 1.807) is 23.4 Å². The molecular weight excluding hydrogens is 258 g/mol. The third kappa shape index (κ3) is 3.48. The number of aromatic nitrogens is 4. The normalized spacial score (nSPS) is 11.1. The molecule has 0 atom stereocenters. The van der Waals surface area contributed by atoms with E-state index in [1.165, 1.54) is 0 Å². The average Bonchev–Trinajstić information content (AvgIpc) is 3.11. The van der Waals surface area contributed by atoms with Gasteiger partial charge in [0.25, 0.3) is 0 Å². The second-order valence-electron chi connectivity index (χ2n) is 4.30. The molecule has 0 saturated carbocycles. The Morgan fingerprint density at radius 2 is 2.05 bits per heavy atom. The van der Waals surface area contributed by atoms with Crippen LogP contribution in [0.25, 0.3) is 0 Å². The molecule has 0 aliphatic heterocycles. The first-order valence-electron chi connectivity index (χ1n) is 6.52. The summed E-state index contributed by atoms with van der Waals surface area (Å²) in [6.45, 7) is 7.53. The summed E-state index contributed by atoms with van der Waals surface area (Å²) in [6.07, 6.45) is 9.94. The quantitative estimate of drug-likeness (QED) is 0.779. The molecule has 0 aliphatic carbocycles. The smallest absolute Gasteiger partial charge is 0.190 e. The van der Waals surface area contributed by atoms with Crippen LogP contribution in [0, 0.1) is 0 Å². The van der Waals surface area contributed by atoms with Gasteiger partial charge in [0.05, 0.1) is 5.69 Å². The first-order chi connectivity index (χ1) is 9.24. The predicted octanol–water partition coefficient (Wildman–Crippen LogP) is 1.65. The summed E-state index contributed by atoms with van der Waals surface area (Å²) in [4.78, 5) is 10.8. The molecule has 5 nitrogen and oxygen atoms in total. The van der Waals surface area contributed by atoms with E-state index in [0.29, 0.717) is 5.11 Å². The van der Waals surface area contributed by atoms with E-state index in [2.05, 4.69) is 28.7 Å². The summed E-state index contributed by atoms with van der Waals surface area (Å²) in [7, 11) is 0. The number of hydrogen-bond donors (Lipinski definition) is 0. The molecule has 0 radical (unpaired) electrons. The standard InChI is InChI=1S/C13H19N5S/c1-3-16(4-2)7-5-12-9-18(11-15-12)13(19)17-8-6-14-10-17/h6,8-11H,3-5,7H2,1-2H3. The zero-order valence-electron chi connectivity index (χ0n) is 11.4. The van der Waals surface area contributed by atoms with Crippen molar-refractivity contribution >= 4 is 17.3 Å². The highest BCUT2D eigenvalue weighted by atomic mass is 32.1. The molecule has 102 valence electrons. The second kappa shape index (κ2) is 6.58. The van der Waals surface area contributed by atoms with Gasteiger partial charge in [0.2, 0.25) is 0 Å². The minimum atomic E-state index is 0.666. The number of likely N-dealkylation sites (N-methyl/N-ethyl adjacent to an activating group) is 1. The van der Waals surface area contributed by atoms with Gasteiger partial charge < -0.3 is 4.90 Å². The Morgan fingerprint density at radius 3 is 2.68 bits per heavy atom. The van der Waals surface area contributed by atoms with Crippen LogP contribution in [0.1, 0.15) is 19.5 Å². The molecular formula is C13H19N5S. The van der Waals surface area contributed by atoms with Gasteiger partial charge >= 0.3 is 0 Å². The lowest BCUT2D eigenvalue weighted by Gasteiger charge is -2.16. The van der Waals surface area contributed by atoms with E-state index < -0.39 is 0 Å². The van der Waals surface area contributed by atoms with E-state index in [9.17, 15) is 0 Å². The number of hydrogen-bond acceptors (Lipinski definition) is 4. The van der Waals surface area contributed by atoms with Crippen molar-refractivity contribution in [3.8, 4) is 0 Å². The zero-order valence-corrected chi connectivity index (χ0v) is 12.2. The van der Waals surface area contributed by atoms with Gasteiger partial charge in [0.15, 0.2) is 5.11 Å². The zero-order chi connectivity index (χ0) is 13.7. The van der Waals surface area contributed by atoms with Gasteiger partial charge in [-0.3, -0.25) is 9.13 Å². The molecule has 0 spiro atoms. The van der Waals surface area contributed by atoms with E-state index in [4.69, 9.17) is 12.2 Å². The summed E-state index contributed by atoms with van der Waals surface area (Å²) in [5, 5.41) is 0.666. The van der Waals surface area contributed by atoms with Gasteiger partial charge in [-0.05, 0) is 25.3 Å². The van der Waals surface area contributed by atoms with Gasteiger partial charge in [-0.1, -0.05) is 13.8 Å². The number of thiocarbonyl (C=S) groups is 1. The monoisotopic (exact) mass is 277 g/mol. The van der Waals surface area contributed by atoms with Crippen LogP contribution in [0.5, 0.6) is 0 Å². The minimum absolute atomic E-state index is 0.666. The fourth-order valence-electron chi connectivity index (χ4n) is 1.92. The van der Waals surface area contributed by atoms with Crippen LogP contribution < -0.4 is 0 Å². The fourth-order valence-corrected chi connectivity index (χ4v) is 2.12. The first-order valence-corrected chi connectivity index (χ1v) is 6.93. The Labute approximate surface area is 118 Å². The molecule has 0 bridgehead atoms. The van der Waals surface area contributed by atoms with E-state index >= 15 is 0 Å². The largest absolute Gasteiger partial charge is 0.303 e. The lowest BCUT2D eigenvalue weighted by atomic mass is 10.3. The van der Waals surface area contributed by atoms with Crippen molar-refractivity contribution < 1.29 is 0 Å². The molecule has 0 fully saturated rings. The highest BCUT2D eigenvalue weighted by Gasteiger charge is 2.06. The van der Waals surface area contributed by atoms with Crippen LogP contribution in [0.4, 0.5) is 0 Å². The van der Waals surface area contributed by atoms with Gasteiger partial charge in [0.1, 0.15) is 12.7 Å². The summed E-state index contributed by atoms with van der Waals surface area (Å²) < 4.78 is 3.65. The van der Waals surface area contributed by atoms with Crippen molar-refractivity contribution in [1.29, 1.82) is 0 Å². The number of nitrogens with zero attached hydrogens (tertiary/aromatic N) is 5. The van der Waals surface area contributed by atoms with Gasteiger partial charge in [-0.25, -0.2) is 9.97 Å². The highest BCUT2D eigenvalue weighted by molar-refractivity contribution is 7.80. The summed E-state index contributed by atoms with van der Waals surface area (Å²) >= 11 is 5.37. The fraction of sp³-hybridized carbons (Fsp3) is 0.462. The third-order valence-corrected chi connectivity index (χ3v) is 3.58. The maximum atomic E-state index is 5.37. The van der Waals surface area contributed by atoms with E-state index in [-0.39, 0.29) is 0 Å². The van der Waals surface area contributed by atoms with Crippen molar-refractivity contribution in [1.82, 2.24) is 24.0 Å². The van der Waals surface area contributed by atoms with Crippen LogP contribution in [-0.4, -0.2) is 48.7 Å². The Kier molecular flexibility index (Phi) is 4.81. The molecule has 6 heteroatoms. The average molecular weight is 277 g/mol. The van der Waals surface area contributed by atoms with Crippen molar-refractivity contribution in [3.63, 3.8) is 0 Å². The Hall–Kier alpha value is -1.53. The van der Waals surface area contributed by atoms with Crippen LogP contribution >= 0.6 is 12.2 Å². The van der Waals surface area contributed by atoms with Gasteiger partial charge in [0, 0.05) is 31.6 Å². The second-order valence-corrected chi connectivity index (χ2v) is 4.67. The number of rotatable bonds is 5. The molecule has 0 aliphatic rings. The van der Waals surface area contributed by atoms with Crippen molar-refractivity contribution in [2.24, 2.45) is 0 Å². The Morgan fingerprint density at radius 1 is 1.26 bits per heavy atom. The predicted molar refractivity (Wildman–Crippen MR) is 79.3 cm³/mol. The van der Waals surface area contributed by atoms with E-state index in [0.717, 1.165) is 31.7 Å². The maximum absolute atomic E-state index is 5.37. The molecule has 2 rings (SSSR count). The first kappa shape index (κ1) is 13.9. The molecule has 2 aromatic heterocycles. The summed E-state index contributed by atoms with van der Waals surface area (Å²) in [6, 6.07) is 0. The number of imidazole rings is 2. The van der Waals surface area contributed by atoms with Crippen LogP contribution in [0.15, 0.2) is 31.2 Å². The molecule has 0 saturated heterocycles. The van der Waals surface area contributed by atoms with E-state index in [1.807, 2.05) is 17.0 Å². The van der Waals surface area contributed by atoms with Crippen LogP contribution in [-0.2, 0) is 6.42 Å². The lowest BCUT2D eigenvalue weighted by molar-refractivity contribution is 0.307. The Balaban J connectivity index is 1.97. The molecule has 0 N–H and O–H groups in total. The summed E-state index contributed by atoms with van der Waals surface area (Å²) in [5.74, 6) is 0. The maximum Gasteiger partial charge on any atom is 0.190 e. The molecule has 0 unspecified atom stereocenters. The molecule has 2 heterocycles. The van der Waals surface area contributed by atoms with Gasteiger partial charge in [-0.15, -0.1) is 0 Å². The molecule has 19 heavy (non-hydrogen) atoms. The minimum Gasteiger partial charge on any atom is -0.303 e. The highest BCUT2D eigenvalue weighted by Crippen LogP contribution is 2.01.